The van der Waals surface area contributed by atoms with Crippen molar-refractivity contribution in [2.24, 2.45) is 0 Å². The summed E-state index contributed by atoms with van der Waals surface area (Å²) >= 11 is 1.29. The minimum atomic E-state index is -3.62. The lowest BCUT2D eigenvalue weighted by Crippen LogP contribution is -2.30. The first-order valence-corrected chi connectivity index (χ1v) is 13.5. The molecule has 1 fully saturated rings. The van der Waals surface area contributed by atoms with E-state index in [1.165, 1.54) is 22.1 Å². The molecule has 178 valence electrons. The number of sulfonamides is 1. The molecule has 3 aromatic rings. The van der Waals surface area contributed by atoms with Gasteiger partial charge in [-0.3, -0.25) is 0 Å². The number of nitrogens with zero attached hydrogens (tertiary/aromatic N) is 3. The fourth-order valence-electron chi connectivity index (χ4n) is 4.04. The molecule has 0 unspecified atom stereocenters. The third-order valence-corrected chi connectivity index (χ3v) is 8.90. The van der Waals surface area contributed by atoms with Crippen molar-refractivity contribution in [3.63, 3.8) is 0 Å². The van der Waals surface area contributed by atoms with Crippen LogP contribution in [0.2, 0.25) is 0 Å². The minimum absolute atomic E-state index is 0.0340. The van der Waals surface area contributed by atoms with Crippen LogP contribution < -0.4 is 0 Å². The van der Waals surface area contributed by atoms with Crippen LogP contribution in [0.1, 0.15) is 32.3 Å². The Balaban J connectivity index is 1.71. The van der Waals surface area contributed by atoms with E-state index in [2.05, 4.69) is 4.98 Å². The molecule has 1 aliphatic rings. The van der Waals surface area contributed by atoms with E-state index in [-0.39, 0.29) is 22.3 Å². The molecule has 2 heterocycles. The standard InChI is InChI=1S/C23H27F2N3O3S2/c1-3-27(4-2)33(29,30)18-10-11-21-20(13-18)26-23(28(21)14-17-8-6-12-31-17)32-15-16-7-5-9-19(24)22(16)25/h5,7,9-11,13,17H,3-4,6,8,12,14-15H2,1-2H3/t17-/m1/s1. The number of rotatable bonds is 9. The number of benzene rings is 2. The van der Waals surface area contributed by atoms with E-state index >= 15 is 0 Å². The van der Waals surface area contributed by atoms with Gasteiger partial charge in [0.2, 0.25) is 10.0 Å². The molecule has 33 heavy (non-hydrogen) atoms. The molecule has 10 heteroatoms. The number of imidazole rings is 1. The molecule has 2 aromatic carbocycles. The van der Waals surface area contributed by atoms with Gasteiger partial charge in [0.15, 0.2) is 16.8 Å². The van der Waals surface area contributed by atoms with Crippen molar-refractivity contribution >= 4 is 32.8 Å². The zero-order valence-electron chi connectivity index (χ0n) is 18.6. The number of fused-ring (bicyclic) bond motifs is 1. The molecule has 1 atom stereocenters. The van der Waals surface area contributed by atoms with Gasteiger partial charge in [-0.05, 0) is 37.1 Å². The normalized spacial score (nSPS) is 16.8. The van der Waals surface area contributed by atoms with Gasteiger partial charge in [0, 0.05) is 31.0 Å². The van der Waals surface area contributed by atoms with Crippen LogP contribution in [-0.4, -0.2) is 48.1 Å². The van der Waals surface area contributed by atoms with Crippen molar-refractivity contribution in [3.8, 4) is 0 Å². The minimum Gasteiger partial charge on any atom is -0.376 e. The van der Waals surface area contributed by atoms with Crippen LogP contribution in [0.5, 0.6) is 0 Å². The molecule has 0 bridgehead atoms. The SMILES string of the molecule is CCN(CC)S(=O)(=O)c1ccc2c(c1)nc(SCc1cccc(F)c1F)n2C[C@H]1CCCO1. The van der Waals surface area contributed by atoms with Crippen LogP contribution in [0, 0.1) is 11.6 Å². The van der Waals surface area contributed by atoms with Crippen molar-refractivity contribution in [2.75, 3.05) is 19.7 Å². The third-order valence-electron chi connectivity index (χ3n) is 5.83. The second kappa shape index (κ2) is 10.1. The maximum atomic E-state index is 14.2. The summed E-state index contributed by atoms with van der Waals surface area (Å²) in [6.45, 7) is 5.63. The zero-order chi connectivity index (χ0) is 23.6. The average molecular weight is 496 g/mol. The van der Waals surface area contributed by atoms with Crippen LogP contribution in [0.4, 0.5) is 8.78 Å². The maximum Gasteiger partial charge on any atom is 0.243 e. The van der Waals surface area contributed by atoms with Gasteiger partial charge in [-0.15, -0.1) is 0 Å². The molecular weight excluding hydrogens is 468 g/mol. The van der Waals surface area contributed by atoms with Gasteiger partial charge in [0.25, 0.3) is 0 Å². The van der Waals surface area contributed by atoms with Gasteiger partial charge in [0.1, 0.15) is 0 Å². The monoisotopic (exact) mass is 495 g/mol. The number of aromatic nitrogens is 2. The molecule has 1 aliphatic heterocycles. The number of halogens is 2. The van der Waals surface area contributed by atoms with Gasteiger partial charge < -0.3 is 9.30 Å². The highest BCUT2D eigenvalue weighted by Crippen LogP contribution is 2.31. The maximum absolute atomic E-state index is 14.2. The van der Waals surface area contributed by atoms with Gasteiger partial charge in [-0.25, -0.2) is 22.2 Å². The third kappa shape index (κ3) is 4.94. The summed E-state index contributed by atoms with van der Waals surface area (Å²) in [4.78, 5) is 4.87. The summed E-state index contributed by atoms with van der Waals surface area (Å²) < 4.78 is 62.9. The van der Waals surface area contributed by atoms with Gasteiger partial charge >= 0.3 is 0 Å². The Kier molecular flexibility index (Phi) is 7.37. The summed E-state index contributed by atoms with van der Waals surface area (Å²) in [7, 11) is -3.62. The fraction of sp³-hybridized carbons (Fsp3) is 0.435. The topological polar surface area (TPSA) is 64.4 Å². The summed E-state index contributed by atoms with van der Waals surface area (Å²) in [5.41, 5.74) is 1.58. The second-order valence-corrected chi connectivity index (χ2v) is 10.8. The Labute approximate surface area is 197 Å². The summed E-state index contributed by atoms with van der Waals surface area (Å²) in [5, 5.41) is 0.613. The molecular formula is C23H27F2N3O3S2. The van der Waals surface area contributed by atoms with E-state index in [0.29, 0.717) is 36.9 Å². The van der Waals surface area contributed by atoms with E-state index in [4.69, 9.17) is 4.74 Å². The predicted molar refractivity (Wildman–Crippen MR) is 125 cm³/mol. The van der Waals surface area contributed by atoms with E-state index in [1.54, 1.807) is 38.1 Å². The summed E-state index contributed by atoms with van der Waals surface area (Å²) in [6, 6.07) is 9.07. The van der Waals surface area contributed by atoms with Crippen molar-refractivity contribution in [3.05, 3.63) is 53.6 Å². The first-order chi connectivity index (χ1) is 15.8. The second-order valence-electron chi connectivity index (χ2n) is 7.88. The smallest absolute Gasteiger partial charge is 0.243 e. The fourth-order valence-corrected chi connectivity index (χ4v) is 6.52. The molecule has 0 saturated carbocycles. The number of ether oxygens (including phenoxy) is 1. The molecule has 6 nitrogen and oxygen atoms in total. The molecule has 0 spiro atoms. The van der Waals surface area contributed by atoms with E-state index < -0.39 is 21.7 Å². The van der Waals surface area contributed by atoms with Crippen LogP contribution in [-0.2, 0) is 27.1 Å². The molecule has 0 aliphatic carbocycles. The number of hydrogen-bond acceptors (Lipinski definition) is 5. The van der Waals surface area contributed by atoms with Crippen LogP contribution in [0.3, 0.4) is 0 Å². The van der Waals surface area contributed by atoms with E-state index in [1.807, 2.05) is 4.57 Å². The van der Waals surface area contributed by atoms with Crippen molar-refractivity contribution < 1.29 is 21.9 Å². The molecule has 4 rings (SSSR count). The van der Waals surface area contributed by atoms with Crippen molar-refractivity contribution in [2.45, 2.75) is 55.1 Å². The zero-order valence-corrected chi connectivity index (χ0v) is 20.3. The summed E-state index contributed by atoms with van der Waals surface area (Å²) in [6.07, 6.45) is 1.95. The highest BCUT2D eigenvalue weighted by Gasteiger charge is 2.25. The van der Waals surface area contributed by atoms with Crippen LogP contribution >= 0.6 is 11.8 Å². The lowest BCUT2D eigenvalue weighted by atomic mass is 10.2. The lowest BCUT2D eigenvalue weighted by Gasteiger charge is -2.18. The van der Waals surface area contributed by atoms with Gasteiger partial charge in [-0.2, -0.15) is 4.31 Å². The highest BCUT2D eigenvalue weighted by atomic mass is 32.2. The Morgan fingerprint density at radius 1 is 1.21 bits per heavy atom. The first kappa shape index (κ1) is 24.1. The predicted octanol–water partition coefficient (Wildman–Crippen LogP) is 4.82. The molecule has 1 saturated heterocycles. The lowest BCUT2D eigenvalue weighted by molar-refractivity contribution is 0.0960. The van der Waals surface area contributed by atoms with E-state index in [0.717, 1.165) is 24.4 Å². The number of hydrogen-bond donors (Lipinski definition) is 0. The molecule has 0 N–H and O–H groups in total. The van der Waals surface area contributed by atoms with Crippen molar-refractivity contribution in [1.82, 2.24) is 13.9 Å². The Morgan fingerprint density at radius 2 is 2.00 bits per heavy atom. The number of thioether (sulfide) groups is 1. The van der Waals surface area contributed by atoms with E-state index in [9.17, 15) is 17.2 Å². The summed E-state index contributed by atoms with van der Waals surface area (Å²) in [5.74, 6) is -1.55. The largest absolute Gasteiger partial charge is 0.376 e. The van der Waals surface area contributed by atoms with Crippen LogP contribution in [0.25, 0.3) is 11.0 Å². The van der Waals surface area contributed by atoms with Crippen LogP contribution in [0.15, 0.2) is 46.5 Å². The average Bonchev–Trinajstić information content (AvgIpc) is 3.43. The van der Waals surface area contributed by atoms with Crippen molar-refractivity contribution in [1.29, 1.82) is 0 Å². The van der Waals surface area contributed by atoms with Gasteiger partial charge in [-0.1, -0.05) is 37.7 Å². The molecule has 1 aromatic heterocycles. The molecule has 0 radical (unpaired) electrons. The Hall–Kier alpha value is -2.01. The first-order valence-electron chi connectivity index (χ1n) is 11.0. The Morgan fingerprint density at radius 3 is 2.70 bits per heavy atom. The van der Waals surface area contributed by atoms with Gasteiger partial charge in [0.05, 0.1) is 28.6 Å². The molecule has 0 amide bonds. The quantitative estimate of drug-likeness (QED) is 0.399. The highest BCUT2D eigenvalue weighted by molar-refractivity contribution is 7.98. The Bertz CT molecular complexity index is 1240.